The van der Waals surface area contributed by atoms with Gasteiger partial charge >= 0.3 is 6.18 Å². The number of hydrogen-bond acceptors (Lipinski definition) is 4. The lowest BCUT2D eigenvalue weighted by atomic mass is 10.0. The molecule has 0 saturated heterocycles. The lowest BCUT2D eigenvalue weighted by Crippen LogP contribution is -2.52. The zero-order valence-electron chi connectivity index (χ0n) is 25.2. The Bertz CT molecular complexity index is 1570. The second-order valence-corrected chi connectivity index (χ2v) is 13.5. The van der Waals surface area contributed by atoms with E-state index in [1.165, 1.54) is 11.0 Å². The van der Waals surface area contributed by atoms with Crippen molar-refractivity contribution in [3.8, 4) is 0 Å². The maximum absolute atomic E-state index is 13.9. The molecule has 0 aromatic heterocycles. The van der Waals surface area contributed by atoms with E-state index in [0.717, 1.165) is 34.3 Å². The molecule has 0 heterocycles. The molecular weight excluding hydrogens is 650 g/mol. The molecule has 0 aliphatic heterocycles. The van der Waals surface area contributed by atoms with Crippen LogP contribution < -0.4 is 9.62 Å². The van der Waals surface area contributed by atoms with E-state index in [1.807, 2.05) is 44.2 Å². The first-order valence-corrected chi connectivity index (χ1v) is 16.9. The Hall–Kier alpha value is -3.28. The third kappa shape index (κ3) is 10.6. The average Bonchev–Trinajstić information content (AvgIpc) is 2.98. The molecule has 2 atom stereocenters. The Morgan fingerprint density at radius 2 is 1.62 bits per heavy atom. The lowest BCUT2D eigenvalue weighted by Gasteiger charge is -2.33. The van der Waals surface area contributed by atoms with Crippen molar-refractivity contribution in [1.29, 1.82) is 0 Å². The minimum absolute atomic E-state index is 0.00453. The first-order valence-electron chi connectivity index (χ1n) is 14.3. The molecule has 1 N–H and O–H groups in total. The molecule has 244 valence electrons. The van der Waals surface area contributed by atoms with Gasteiger partial charge < -0.3 is 10.2 Å². The van der Waals surface area contributed by atoms with Gasteiger partial charge in [-0.2, -0.15) is 13.2 Å². The van der Waals surface area contributed by atoms with Crippen molar-refractivity contribution >= 4 is 50.7 Å². The number of sulfonamides is 1. The Labute approximate surface area is 272 Å². The van der Waals surface area contributed by atoms with E-state index < -0.39 is 33.7 Å². The number of carbonyl (C=O) groups excluding carboxylic acids is 2. The zero-order valence-corrected chi connectivity index (χ0v) is 27.5. The van der Waals surface area contributed by atoms with Crippen molar-refractivity contribution in [2.75, 3.05) is 17.1 Å². The number of alkyl halides is 3. The number of carbonyl (C=O) groups is 2. The fourth-order valence-electron chi connectivity index (χ4n) is 4.67. The van der Waals surface area contributed by atoms with Gasteiger partial charge in [-0.1, -0.05) is 72.6 Å². The van der Waals surface area contributed by atoms with Crippen LogP contribution >= 0.6 is 23.2 Å². The largest absolute Gasteiger partial charge is 0.416 e. The van der Waals surface area contributed by atoms with Crippen molar-refractivity contribution in [3.63, 3.8) is 0 Å². The molecule has 3 aromatic rings. The lowest BCUT2D eigenvalue weighted by molar-refractivity contribution is -0.141. The van der Waals surface area contributed by atoms with Crippen LogP contribution in [0.15, 0.2) is 72.8 Å². The molecule has 0 spiro atoms. The summed E-state index contributed by atoms with van der Waals surface area (Å²) < 4.78 is 66.1. The molecular formula is C32H36Cl2F3N3O4S. The highest BCUT2D eigenvalue weighted by atomic mass is 35.5. The van der Waals surface area contributed by atoms with Crippen LogP contribution in [0.5, 0.6) is 0 Å². The molecule has 0 saturated carbocycles. The normalized spacial score (nSPS) is 13.2. The minimum Gasteiger partial charge on any atom is -0.352 e. The molecule has 0 bridgehead atoms. The first kappa shape index (κ1) is 36.2. The van der Waals surface area contributed by atoms with Gasteiger partial charge in [-0.05, 0) is 61.2 Å². The van der Waals surface area contributed by atoms with Crippen molar-refractivity contribution < 1.29 is 31.2 Å². The third-order valence-electron chi connectivity index (χ3n) is 7.22. The van der Waals surface area contributed by atoms with Crippen molar-refractivity contribution in [2.45, 2.75) is 64.3 Å². The fourth-order valence-corrected chi connectivity index (χ4v) is 5.95. The molecule has 45 heavy (non-hydrogen) atoms. The molecule has 0 radical (unpaired) electrons. The van der Waals surface area contributed by atoms with Crippen LogP contribution in [0.1, 0.15) is 49.8 Å². The summed E-state index contributed by atoms with van der Waals surface area (Å²) in [6.07, 6.45) is -3.11. The summed E-state index contributed by atoms with van der Waals surface area (Å²) >= 11 is 12.3. The Morgan fingerprint density at radius 3 is 2.22 bits per heavy atom. The van der Waals surface area contributed by atoms with Gasteiger partial charge in [0.2, 0.25) is 21.8 Å². The average molecular weight is 687 g/mol. The van der Waals surface area contributed by atoms with Gasteiger partial charge in [0.15, 0.2) is 0 Å². The number of anilines is 1. The van der Waals surface area contributed by atoms with Crippen LogP contribution in [0.4, 0.5) is 18.9 Å². The van der Waals surface area contributed by atoms with E-state index >= 15 is 0 Å². The van der Waals surface area contributed by atoms with Crippen LogP contribution in [0, 0.1) is 0 Å². The van der Waals surface area contributed by atoms with Gasteiger partial charge in [0.05, 0.1) is 27.6 Å². The van der Waals surface area contributed by atoms with Gasteiger partial charge in [-0.25, -0.2) is 8.42 Å². The van der Waals surface area contributed by atoms with E-state index in [2.05, 4.69) is 5.32 Å². The van der Waals surface area contributed by atoms with Gasteiger partial charge in [-0.15, -0.1) is 0 Å². The van der Waals surface area contributed by atoms with Crippen molar-refractivity contribution in [3.05, 3.63) is 99.5 Å². The first-order chi connectivity index (χ1) is 21.1. The summed E-state index contributed by atoms with van der Waals surface area (Å²) in [6, 6.07) is 17.0. The van der Waals surface area contributed by atoms with E-state index in [0.29, 0.717) is 17.0 Å². The number of nitrogens with one attached hydrogen (secondary N) is 1. The Morgan fingerprint density at radius 1 is 0.933 bits per heavy atom. The molecule has 7 nitrogen and oxygen atoms in total. The molecule has 2 amide bonds. The number of hydrogen-bond donors (Lipinski definition) is 1. The van der Waals surface area contributed by atoms with E-state index in [-0.39, 0.29) is 55.0 Å². The third-order valence-corrected chi connectivity index (χ3v) is 9.16. The molecule has 13 heteroatoms. The van der Waals surface area contributed by atoms with Gasteiger partial charge in [-0.3, -0.25) is 13.9 Å². The molecule has 0 aliphatic rings. The van der Waals surface area contributed by atoms with Crippen LogP contribution in [-0.4, -0.2) is 50.0 Å². The number of rotatable bonds is 14. The highest BCUT2D eigenvalue weighted by Gasteiger charge is 2.33. The van der Waals surface area contributed by atoms with Crippen LogP contribution in [-0.2, 0) is 38.8 Å². The van der Waals surface area contributed by atoms with Gasteiger partial charge in [0.1, 0.15) is 6.04 Å². The monoisotopic (exact) mass is 685 g/mol. The zero-order chi connectivity index (χ0) is 33.4. The number of nitrogens with zero attached hydrogens (tertiary/aromatic N) is 2. The van der Waals surface area contributed by atoms with Gasteiger partial charge in [0, 0.05) is 32.0 Å². The summed E-state index contributed by atoms with van der Waals surface area (Å²) in [5.41, 5.74) is 0.284. The van der Waals surface area contributed by atoms with E-state index in [4.69, 9.17) is 23.2 Å². The molecule has 0 aliphatic carbocycles. The van der Waals surface area contributed by atoms with Crippen LogP contribution in [0.2, 0.25) is 10.0 Å². The quantitative estimate of drug-likeness (QED) is 0.196. The maximum atomic E-state index is 13.9. The molecule has 3 rings (SSSR count). The summed E-state index contributed by atoms with van der Waals surface area (Å²) in [6.45, 7) is 3.53. The van der Waals surface area contributed by atoms with Crippen molar-refractivity contribution in [1.82, 2.24) is 10.2 Å². The number of halogens is 5. The number of amides is 2. The van der Waals surface area contributed by atoms with E-state index in [9.17, 15) is 31.2 Å². The molecule has 0 fully saturated rings. The second kappa shape index (κ2) is 15.8. The standard InChI is InChI=1S/C32H36Cl2F3N3O4S/c1-4-22(2)38-31(42)29(19-23-10-6-5-7-11-23)39(21-24-15-16-27(33)28(34)18-24)30(41)14-9-17-40(45(3,43)44)26-13-8-12-25(20-26)32(35,36)37/h5-8,10-13,15-16,18,20,22,29H,4,9,14,17,19,21H2,1-3H3,(H,38,42)/t22-,29-/m1/s1. The Balaban J connectivity index is 1.93. The summed E-state index contributed by atoms with van der Waals surface area (Å²) in [5.74, 6) is -0.804. The highest BCUT2D eigenvalue weighted by Crippen LogP contribution is 2.32. The second-order valence-electron chi connectivity index (χ2n) is 10.8. The predicted molar refractivity (Wildman–Crippen MR) is 172 cm³/mol. The predicted octanol–water partition coefficient (Wildman–Crippen LogP) is 7.11. The van der Waals surface area contributed by atoms with Crippen LogP contribution in [0.25, 0.3) is 0 Å². The Kier molecular flexibility index (Phi) is 12.7. The highest BCUT2D eigenvalue weighted by molar-refractivity contribution is 7.92. The summed E-state index contributed by atoms with van der Waals surface area (Å²) in [4.78, 5) is 29.0. The topological polar surface area (TPSA) is 86.8 Å². The smallest absolute Gasteiger partial charge is 0.352 e. The SMILES string of the molecule is CC[C@@H](C)NC(=O)[C@@H](Cc1ccccc1)N(Cc1ccc(Cl)c(Cl)c1)C(=O)CCCN(c1cccc(C(F)(F)F)c1)S(C)(=O)=O. The maximum Gasteiger partial charge on any atom is 0.416 e. The van der Waals surface area contributed by atoms with Crippen LogP contribution in [0.3, 0.4) is 0 Å². The minimum atomic E-state index is -4.66. The van der Waals surface area contributed by atoms with Gasteiger partial charge in [0.25, 0.3) is 0 Å². The van der Waals surface area contributed by atoms with E-state index in [1.54, 1.807) is 18.2 Å². The molecule has 0 unspecified atom stereocenters. The van der Waals surface area contributed by atoms with Crippen molar-refractivity contribution in [2.24, 2.45) is 0 Å². The fraction of sp³-hybridized carbons (Fsp3) is 0.375. The summed E-state index contributed by atoms with van der Waals surface area (Å²) in [7, 11) is -3.99. The number of benzene rings is 3. The molecule has 3 aromatic carbocycles. The summed E-state index contributed by atoms with van der Waals surface area (Å²) in [5, 5.41) is 3.56.